The zero-order valence-corrected chi connectivity index (χ0v) is 12.5. The first kappa shape index (κ1) is 15.2. The first-order valence-electron chi connectivity index (χ1n) is 7.05. The highest BCUT2D eigenvalue weighted by Gasteiger charge is 2.13. The van der Waals surface area contributed by atoms with Crippen molar-refractivity contribution in [3.8, 4) is 0 Å². The summed E-state index contributed by atoms with van der Waals surface area (Å²) in [5.74, 6) is 0. The van der Waals surface area contributed by atoms with Crippen LogP contribution in [0.15, 0.2) is 48.5 Å². The Hall–Kier alpha value is -2.20. The Morgan fingerprint density at radius 1 is 1.00 bits per heavy atom. The summed E-state index contributed by atoms with van der Waals surface area (Å²) in [4.78, 5) is 10.3. The molecule has 2 rings (SSSR count). The molecule has 0 aliphatic rings. The number of nitrogens with zero attached hydrogens (tertiary/aromatic N) is 1. The molecular formula is C17H20N2O2. The van der Waals surface area contributed by atoms with Crippen molar-refractivity contribution in [1.82, 2.24) is 5.32 Å². The second-order valence-electron chi connectivity index (χ2n) is 5.32. The van der Waals surface area contributed by atoms with Crippen LogP contribution in [0, 0.1) is 17.0 Å². The quantitative estimate of drug-likeness (QED) is 0.657. The molecule has 0 amide bonds. The molecule has 4 nitrogen and oxygen atoms in total. The number of nitro groups is 1. The third-order valence-corrected chi connectivity index (χ3v) is 3.76. The first-order valence-corrected chi connectivity index (χ1v) is 7.05. The minimum Gasteiger partial charge on any atom is -0.304 e. The molecular weight excluding hydrogens is 264 g/mol. The van der Waals surface area contributed by atoms with Crippen LogP contribution in [0.1, 0.15) is 42.6 Å². The number of hydrogen-bond acceptors (Lipinski definition) is 3. The van der Waals surface area contributed by atoms with E-state index in [4.69, 9.17) is 0 Å². The molecule has 0 fully saturated rings. The van der Waals surface area contributed by atoms with Gasteiger partial charge in [-0.15, -0.1) is 0 Å². The fraction of sp³-hybridized carbons (Fsp3) is 0.294. The number of hydrogen-bond donors (Lipinski definition) is 1. The number of rotatable bonds is 5. The fourth-order valence-corrected chi connectivity index (χ4v) is 2.52. The van der Waals surface area contributed by atoms with Crippen molar-refractivity contribution in [2.75, 3.05) is 0 Å². The van der Waals surface area contributed by atoms with Crippen molar-refractivity contribution in [3.63, 3.8) is 0 Å². The molecule has 0 bridgehead atoms. The molecule has 110 valence electrons. The molecule has 2 unspecified atom stereocenters. The van der Waals surface area contributed by atoms with Gasteiger partial charge < -0.3 is 5.32 Å². The molecule has 2 atom stereocenters. The highest BCUT2D eigenvalue weighted by molar-refractivity contribution is 5.34. The number of benzene rings is 2. The number of aryl methyl sites for hydroxylation is 1. The van der Waals surface area contributed by atoms with Crippen LogP contribution in [0.5, 0.6) is 0 Å². The first-order chi connectivity index (χ1) is 9.99. The lowest BCUT2D eigenvalue weighted by molar-refractivity contribution is -0.384. The van der Waals surface area contributed by atoms with E-state index in [1.807, 2.05) is 12.1 Å². The normalized spacial score (nSPS) is 13.7. The third-order valence-electron chi connectivity index (χ3n) is 3.76. The average molecular weight is 284 g/mol. The van der Waals surface area contributed by atoms with Crippen molar-refractivity contribution < 1.29 is 4.92 Å². The van der Waals surface area contributed by atoms with Gasteiger partial charge in [0.1, 0.15) is 0 Å². The lowest BCUT2D eigenvalue weighted by Gasteiger charge is -2.22. The summed E-state index contributed by atoms with van der Waals surface area (Å²) in [5.41, 5.74) is 3.69. The van der Waals surface area contributed by atoms with Gasteiger partial charge in [0.2, 0.25) is 0 Å². The maximum atomic E-state index is 10.7. The van der Waals surface area contributed by atoms with E-state index in [0.29, 0.717) is 0 Å². The van der Waals surface area contributed by atoms with Crippen molar-refractivity contribution >= 4 is 5.69 Å². The summed E-state index contributed by atoms with van der Waals surface area (Å²) in [6, 6.07) is 15.3. The molecule has 0 aliphatic heterocycles. The van der Waals surface area contributed by atoms with Gasteiger partial charge in [0.25, 0.3) is 5.69 Å². The van der Waals surface area contributed by atoms with Crippen LogP contribution < -0.4 is 5.32 Å². The van der Waals surface area contributed by atoms with Crippen LogP contribution >= 0.6 is 0 Å². The van der Waals surface area contributed by atoms with E-state index >= 15 is 0 Å². The molecule has 0 heterocycles. The summed E-state index contributed by atoms with van der Waals surface area (Å²) >= 11 is 0. The van der Waals surface area contributed by atoms with Gasteiger partial charge >= 0.3 is 0 Å². The molecule has 0 saturated heterocycles. The molecule has 0 aromatic heterocycles. The van der Waals surface area contributed by atoms with Gasteiger partial charge in [0, 0.05) is 24.2 Å². The predicted octanol–water partition coefficient (Wildman–Crippen LogP) is 4.32. The van der Waals surface area contributed by atoms with Crippen LogP contribution in [0.3, 0.4) is 0 Å². The zero-order chi connectivity index (χ0) is 15.4. The van der Waals surface area contributed by atoms with Crippen molar-refractivity contribution in [1.29, 1.82) is 0 Å². The summed E-state index contributed by atoms with van der Waals surface area (Å²) < 4.78 is 0. The molecule has 1 N–H and O–H groups in total. The second-order valence-corrected chi connectivity index (χ2v) is 5.32. The van der Waals surface area contributed by atoms with Crippen molar-refractivity contribution in [3.05, 3.63) is 75.3 Å². The van der Waals surface area contributed by atoms with E-state index in [1.165, 1.54) is 11.1 Å². The zero-order valence-electron chi connectivity index (χ0n) is 12.5. The lowest BCUT2D eigenvalue weighted by Crippen LogP contribution is -2.23. The number of nitrogens with one attached hydrogen (secondary N) is 1. The van der Waals surface area contributed by atoms with Crippen molar-refractivity contribution in [2.45, 2.75) is 32.9 Å². The predicted molar refractivity (Wildman–Crippen MR) is 84.2 cm³/mol. The molecule has 2 aromatic rings. The van der Waals surface area contributed by atoms with Crippen LogP contribution in [-0.2, 0) is 0 Å². The summed E-state index contributed by atoms with van der Waals surface area (Å²) in [6.07, 6.45) is 0. The van der Waals surface area contributed by atoms with E-state index < -0.39 is 0 Å². The van der Waals surface area contributed by atoms with Crippen molar-refractivity contribution in [2.24, 2.45) is 0 Å². The lowest BCUT2D eigenvalue weighted by atomic mass is 10.0. The number of nitro benzene ring substituents is 1. The summed E-state index contributed by atoms with van der Waals surface area (Å²) in [6.45, 7) is 6.30. The summed E-state index contributed by atoms with van der Waals surface area (Å²) in [7, 11) is 0. The van der Waals surface area contributed by atoms with Crippen LogP contribution in [0.2, 0.25) is 0 Å². The minimum atomic E-state index is -0.377. The molecule has 4 heteroatoms. The highest BCUT2D eigenvalue weighted by atomic mass is 16.6. The molecule has 0 radical (unpaired) electrons. The maximum Gasteiger partial charge on any atom is 0.269 e. The average Bonchev–Trinajstić information content (AvgIpc) is 2.47. The molecule has 0 spiro atoms. The Kier molecular flexibility index (Phi) is 4.70. The van der Waals surface area contributed by atoms with Gasteiger partial charge in [-0.05, 0) is 37.5 Å². The van der Waals surface area contributed by atoms with E-state index in [0.717, 1.165) is 5.56 Å². The van der Waals surface area contributed by atoms with E-state index in [-0.39, 0.29) is 22.7 Å². The van der Waals surface area contributed by atoms with Crippen LogP contribution in [0.4, 0.5) is 5.69 Å². The molecule has 21 heavy (non-hydrogen) atoms. The largest absolute Gasteiger partial charge is 0.304 e. The van der Waals surface area contributed by atoms with E-state index in [1.54, 1.807) is 24.3 Å². The summed E-state index contributed by atoms with van der Waals surface area (Å²) in [5, 5.41) is 14.2. The maximum absolute atomic E-state index is 10.7. The standard InChI is InChI=1S/C17H20N2O2/c1-12-6-4-5-7-17(12)14(3)18-13(2)15-8-10-16(11-9-15)19(20)21/h4-11,13-14,18H,1-3H3. The van der Waals surface area contributed by atoms with Crippen LogP contribution in [-0.4, -0.2) is 4.92 Å². The molecule has 2 aromatic carbocycles. The monoisotopic (exact) mass is 284 g/mol. The van der Waals surface area contributed by atoms with Gasteiger partial charge in [-0.3, -0.25) is 10.1 Å². The Labute approximate surface area is 125 Å². The van der Waals surface area contributed by atoms with Gasteiger partial charge in [-0.25, -0.2) is 0 Å². The number of non-ortho nitro benzene ring substituents is 1. The molecule has 0 saturated carbocycles. The Morgan fingerprint density at radius 3 is 2.19 bits per heavy atom. The highest BCUT2D eigenvalue weighted by Crippen LogP contribution is 2.23. The smallest absolute Gasteiger partial charge is 0.269 e. The Morgan fingerprint density at radius 2 is 1.62 bits per heavy atom. The van der Waals surface area contributed by atoms with E-state index in [9.17, 15) is 10.1 Å². The van der Waals surface area contributed by atoms with E-state index in [2.05, 4.69) is 38.2 Å². The minimum absolute atomic E-state index is 0.123. The van der Waals surface area contributed by atoms with Crippen LogP contribution in [0.25, 0.3) is 0 Å². The second kappa shape index (κ2) is 6.50. The van der Waals surface area contributed by atoms with Gasteiger partial charge in [0.15, 0.2) is 0 Å². The SMILES string of the molecule is Cc1ccccc1C(C)NC(C)c1ccc([N+](=O)[O-])cc1. The Bertz CT molecular complexity index is 623. The van der Waals surface area contributed by atoms with Gasteiger partial charge in [0.05, 0.1) is 4.92 Å². The fourth-order valence-electron chi connectivity index (χ4n) is 2.52. The van der Waals surface area contributed by atoms with Gasteiger partial charge in [-0.1, -0.05) is 36.4 Å². The third kappa shape index (κ3) is 3.67. The topological polar surface area (TPSA) is 55.2 Å². The Balaban J connectivity index is 2.09. The van der Waals surface area contributed by atoms with Gasteiger partial charge in [-0.2, -0.15) is 0 Å². The molecule has 0 aliphatic carbocycles.